The molecule has 1 aromatic rings. The lowest BCUT2D eigenvalue weighted by Gasteiger charge is -2.30. The average Bonchev–Trinajstić information content (AvgIpc) is 3.06. The smallest absolute Gasteiger partial charge is 0.407 e. The van der Waals surface area contributed by atoms with Crippen molar-refractivity contribution in [1.82, 2.24) is 21.3 Å². The van der Waals surface area contributed by atoms with Gasteiger partial charge in [0.05, 0.1) is 37.5 Å². The Morgan fingerprint density at radius 2 is 0.938 bits per heavy atom. The van der Waals surface area contributed by atoms with E-state index >= 15 is 0 Å². The molecule has 0 heterocycles. The first kappa shape index (κ1) is 38.7. The van der Waals surface area contributed by atoms with Crippen molar-refractivity contribution in [1.29, 1.82) is 0 Å². The molecule has 0 aliphatic heterocycles. The third-order valence-corrected chi connectivity index (χ3v) is 9.16. The van der Waals surface area contributed by atoms with Crippen LogP contribution < -0.4 is 21.3 Å². The highest BCUT2D eigenvalue weighted by atomic mass is 16.6. The molecule has 3 rings (SSSR count). The molecule has 12 heteroatoms. The first-order chi connectivity index (χ1) is 22.9. The fourth-order valence-corrected chi connectivity index (χ4v) is 6.14. The number of alkyl carbamates (subject to hydrolysis) is 4. The average molecular weight is 675 g/mol. The van der Waals surface area contributed by atoms with Crippen LogP contribution in [0.15, 0.2) is 24.3 Å². The predicted molar refractivity (Wildman–Crippen MR) is 183 cm³/mol. The molecule has 0 bridgehead atoms. The summed E-state index contributed by atoms with van der Waals surface area (Å²) in [6, 6.07) is 7.56. The number of rotatable bonds is 16. The van der Waals surface area contributed by atoms with Gasteiger partial charge in [-0.1, -0.05) is 62.8 Å². The van der Waals surface area contributed by atoms with Gasteiger partial charge in [-0.3, -0.25) is 0 Å². The number of benzene rings is 1. The van der Waals surface area contributed by atoms with E-state index in [2.05, 4.69) is 21.3 Å². The number of amides is 4. The van der Waals surface area contributed by atoms with Crippen LogP contribution in [-0.2, 0) is 30.0 Å². The van der Waals surface area contributed by atoms with Crippen LogP contribution in [0.5, 0.6) is 0 Å². The third-order valence-electron chi connectivity index (χ3n) is 9.16. The maximum atomic E-state index is 12.6. The molecule has 2 aliphatic carbocycles. The van der Waals surface area contributed by atoms with Crippen molar-refractivity contribution in [3.8, 4) is 0 Å². The van der Waals surface area contributed by atoms with Gasteiger partial charge in [-0.05, 0) is 76.3 Å². The van der Waals surface area contributed by atoms with Crippen molar-refractivity contribution in [2.45, 2.75) is 116 Å². The van der Waals surface area contributed by atoms with Crippen LogP contribution in [0.25, 0.3) is 0 Å². The van der Waals surface area contributed by atoms with Gasteiger partial charge < -0.3 is 40.2 Å². The topological polar surface area (TPSA) is 153 Å². The predicted octanol–water partition coefficient (Wildman–Crippen LogP) is 7.00. The Bertz CT molecular complexity index is 1080. The zero-order valence-electron chi connectivity index (χ0n) is 29.5. The molecule has 0 radical (unpaired) electrons. The molecule has 2 saturated carbocycles. The summed E-state index contributed by atoms with van der Waals surface area (Å²) in [5, 5.41) is 11.4. The number of nitrogens with one attached hydrogen (secondary N) is 4. The fraction of sp³-hybridized carbons (Fsp3) is 0.722. The molecule has 2 aliphatic rings. The van der Waals surface area contributed by atoms with Gasteiger partial charge >= 0.3 is 24.4 Å². The van der Waals surface area contributed by atoms with Crippen molar-refractivity contribution in [3.63, 3.8) is 0 Å². The molecule has 2 fully saturated rings. The number of hydrogen-bond donors (Lipinski definition) is 4. The standard InChI is InChI=1S/C36H58N4O8/c1-35(2,39-33(43)47-22-12-20-45-31(41)37-25-27-14-7-5-8-15-27)29-18-11-19-30(24-29)36(3,4)40-34(44)48-23-13-21-46-32(42)38-26-28-16-9-6-10-17-28/h11,18-19,24,27-28H,5-10,12-17,20-23,25-26H2,1-4H3,(H,37,41)(H,38,42)(H,39,43)(H,40,44). The summed E-state index contributed by atoms with van der Waals surface area (Å²) in [6.45, 7) is 9.26. The monoisotopic (exact) mass is 674 g/mol. The van der Waals surface area contributed by atoms with Gasteiger partial charge in [0, 0.05) is 25.9 Å². The fourth-order valence-electron chi connectivity index (χ4n) is 6.14. The van der Waals surface area contributed by atoms with E-state index in [-0.39, 0.29) is 26.4 Å². The van der Waals surface area contributed by atoms with Crippen molar-refractivity contribution in [3.05, 3.63) is 35.4 Å². The van der Waals surface area contributed by atoms with E-state index in [0.717, 1.165) is 36.8 Å². The quantitative estimate of drug-likeness (QED) is 0.108. The number of hydrogen-bond acceptors (Lipinski definition) is 8. The number of carbonyl (C=O) groups is 4. The highest BCUT2D eigenvalue weighted by Crippen LogP contribution is 2.27. The van der Waals surface area contributed by atoms with E-state index in [1.165, 1.54) is 38.5 Å². The van der Waals surface area contributed by atoms with E-state index in [9.17, 15) is 19.2 Å². The van der Waals surface area contributed by atoms with Gasteiger partial charge in [0.25, 0.3) is 0 Å². The largest absolute Gasteiger partial charge is 0.449 e. The summed E-state index contributed by atoms with van der Waals surface area (Å²) in [5.74, 6) is 1.06. The molecule has 0 unspecified atom stereocenters. The minimum absolute atomic E-state index is 0.108. The molecule has 1 aromatic carbocycles. The number of carbonyl (C=O) groups excluding carboxylic acids is 4. The molecule has 270 valence electrons. The molecule has 12 nitrogen and oxygen atoms in total. The van der Waals surface area contributed by atoms with Crippen LogP contribution in [0.2, 0.25) is 0 Å². The van der Waals surface area contributed by atoms with Crippen molar-refractivity contribution in [2.24, 2.45) is 11.8 Å². The summed E-state index contributed by atoms with van der Waals surface area (Å²) in [6.07, 6.45) is 10.7. The number of ether oxygens (including phenoxy) is 4. The Kier molecular flexibility index (Phi) is 16.1. The van der Waals surface area contributed by atoms with E-state index < -0.39 is 35.5 Å². The summed E-state index contributed by atoms with van der Waals surface area (Å²) in [7, 11) is 0. The van der Waals surface area contributed by atoms with Gasteiger partial charge in [-0.2, -0.15) is 0 Å². The Hall–Kier alpha value is -3.70. The van der Waals surface area contributed by atoms with E-state index in [1.54, 1.807) is 0 Å². The first-order valence-electron chi connectivity index (χ1n) is 17.8. The van der Waals surface area contributed by atoms with Crippen LogP contribution in [0, 0.1) is 11.8 Å². The second-order valence-electron chi connectivity index (χ2n) is 14.1. The minimum atomic E-state index is -0.776. The highest BCUT2D eigenvalue weighted by molar-refractivity contribution is 5.69. The zero-order chi connectivity index (χ0) is 34.8. The molecule has 0 aromatic heterocycles. The van der Waals surface area contributed by atoms with E-state index in [1.807, 2.05) is 52.0 Å². The Morgan fingerprint density at radius 1 is 0.583 bits per heavy atom. The summed E-state index contributed by atoms with van der Waals surface area (Å²) in [4.78, 5) is 49.0. The van der Waals surface area contributed by atoms with E-state index in [0.29, 0.717) is 37.8 Å². The van der Waals surface area contributed by atoms with Crippen LogP contribution in [0.1, 0.15) is 116 Å². The molecule has 0 saturated heterocycles. The van der Waals surface area contributed by atoms with Gasteiger partial charge in [-0.25, -0.2) is 19.2 Å². The van der Waals surface area contributed by atoms with Crippen molar-refractivity contribution in [2.75, 3.05) is 39.5 Å². The Morgan fingerprint density at radius 3 is 1.31 bits per heavy atom. The first-order valence-corrected chi connectivity index (χ1v) is 17.8. The molecule has 0 atom stereocenters. The third kappa shape index (κ3) is 14.6. The van der Waals surface area contributed by atoms with Crippen molar-refractivity contribution < 1.29 is 38.1 Å². The lowest BCUT2D eigenvalue weighted by atomic mass is 9.87. The molecule has 0 spiro atoms. The maximum Gasteiger partial charge on any atom is 0.407 e. The van der Waals surface area contributed by atoms with Crippen molar-refractivity contribution >= 4 is 24.4 Å². The Balaban J connectivity index is 1.31. The zero-order valence-corrected chi connectivity index (χ0v) is 29.5. The molecule has 48 heavy (non-hydrogen) atoms. The summed E-state index contributed by atoms with van der Waals surface area (Å²) >= 11 is 0. The Labute approximate surface area is 286 Å². The van der Waals surface area contributed by atoms with Crippen LogP contribution >= 0.6 is 0 Å². The molecular weight excluding hydrogens is 616 g/mol. The summed E-state index contributed by atoms with van der Waals surface area (Å²) < 4.78 is 21.1. The lowest BCUT2D eigenvalue weighted by molar-refractivity contribution is 0.111. The summed E-state index contributed by atoms with van der Waals surface area (Å²) in [5.41, 5.74) is 0.0817. The van der Waals surface area contributed by atoms with Gasteiger partial charge in [0.1, 0.15) is 0 Å². The second kappa shape index (κ2) is 20.0. The van der Waals surface area contributed by atoms with Crippen LogP contribution in [0.3, 0.4) is 0 Å². The normalized spacial score (nSPS) is 15.9. The van der Waals surface area contributed by atoms with E-state index in [4.69, 9.17) is 18.9 Å². The maximum absolute atomic E-state index is 12.6. The minimum Gasteiger partial charge on any atom is -0.449 e. The molecule has 4 N–H and O–H groups in total. The van der Waals surface area contributed by atoms with Crippen LogP contribution in [0.4, 0.5) is 19.2 Å². The SMILES string of the molecule is CC(C)(NC(=O)OCCCOC(=O)NCC1CCCCC1)c1cccc(C(C)(C)NC(=O)OCCCOC(=O)NCC2CCCCC2)c1. The molecule has 4 amide bonds. The van der Waals surface area contributed by atoms with Gasteiger partial charge in [0.15, 0.2) is 0 Å². The second-order valence-corrected chi connectivity index (χ2v) is 14.1. The highest BCUT2D eigenvalue weighted by Gasteiger charge is 2.28. The molecular formula is C36H58N4O8. The van der Waals surface area contributed by atoms with Gasteiger partial charge in [0.2, 0.25) is 0 Å². The van der Waals surface area contributed by atoms with Crippen LogP contribution in [-0.4, -0.2) is 63.9 Å². The lowest BCUT2D eigenvalue weighted by Crippen LogP contribution is -2.43. The van der Waals surface area contributed by atoms with Gasteiger partial charge in [-0.15, -0.1) is 0 Å².